The number of carboxylic acid groups (broad SMARTS) is 1. The van der Waals surface area contributed by atoms with Gasteiger partial charge in [0, 0.05) is 13.1 Å². The number of hydrogen-bond donors (Lipinski definition) is 2. The summed E-state index contributed by atoms with van der Waals surface area (Å²) in [6.45, 7) is 0.677. The summed E-state index contributed by atoms with van der Waals surface area (Å²) in [5, 5.41) is 11.6. The highest BCUT2D eigenvalue weighted by Gasteiger charge is 2.30. The monoisotopic (exact) mass is 326 g/mol. The summed E-state index contributed by atoms with van der Waals surface area (Å²) >= 11 is 0. The normalized spacial score (nSPS) is 20.5. The maximum absolute atomic E-state index is 12.0. The molecule has 0 aliphatic carbocycles. The largest absolute Gasteiger partial charge is 0.481 e. The van der Waals surface area contributed by atoms with Crippen LogP contribution in [0.25, 0.3) is 0 Å². The van der Waals surface area contributed by atoms with Crippen molar-refractivity contribution in [3.8, 4) is 0 Å². The molecular formula is C13H21F3N2O4. The first-order chi connectivity index (χ1) is 10.2. The second kappa shape index (κ2) is 8.21. The lowest BCUT2D eigenvalue weighted by molar-refractivity contribution is -0.175. The summed E-state index contributed by atoms with van der Waals surface area (Å²) in [4.78, 5) is 24.4. The maximum Gasteiger partial charge on any atom is 0.411 e. The standard InChI is InChI=1S/C13H21F3N2O4/c1-2-10(7-22-8-13(14,15)16)17-12(21)18-5-3-4-9(6-18)11(19)20/h9-10H,2-8H2,1H3,(H,17,21)(H,19,20). The molecule has 0 aromatic carbocycles. The number of likely N-dealkylation sites (tertiary alicyclic amines) is 1. The van der Waals surface area contributed by atoms with E-state index in [0.29, 0.717) is 25.8 Å². The van der Waals surface area contributed by atoms with Gasteiger partial charge in [0.2, 0.25) is 0 Å². The molecule has 22 heavy (non-hydrogen) atoms. The fraction of sp³-hybridized carbons (Fsp3) is 0.846. The minimum absolute atomic E-state index is 0.112. The van der Waals surface area contributed by atoms with Gasteiger partial charge in [0.15, 0.2) is 0 Å². The van der Waals surface area contributed by atoms with Crippen LogP contribution in [0.3, 0.4) is 0 Å². The fourth-order valence-electron chi connectivity index (χ4n) is 2.21. The van der Waals surface area contributed by atoms with Gasteiger partial charge in [0.25, 0.3) is 0 Å². The molecule has 1 aliphatic rings. The molecule has 2 amide bonds. The number of aliphatic carboxylic acids is 1. The molecule has 1 saturated heterocycles. The van der Waals surface area contributed by atoms with Crippen LogP contribution in [0.4, 0.5) is 18.0 Å². The Balaban J connectivity index is 2.42. The van der Waals surface area contributed by atoms with Gasteiger partial charge in [0.05, 0.1) is 18.6 Å². The van der Waals surface area contributed by atoms with Gasteiger partial charge in [-0.1, -0.05) is 6.92 Å². The zero-order valence-corrected chi connectivity index (χ0v) is 12.4. The first-order valence-corrected chi connectivity index (χ1v) is 7.15. The molecule has 1 fully saturated rings. The molecule has 2 unspecified atom stereocenters. The van der Waals surface area contributed by atoms with E-state index in [0.717, 1.165) is 0 Å². The molecule has 1 heterocycles. The third-order valence-electron chi connectivity index (χ3n) is 3.46. The lowest BCUT2D eigenvalue weighted by Gasteiger charge is -2.32. The quantitative estimate of drug-likeness (QED) is 0.781. The summed E-state index contributed by atoms with van der Waals surface area (Å²) in [6.07, 6.45) is -2.87. The number of carbonyl (C=O) groups is 2. The molecule has 0 aromatic rings. The van der Waals surface area contributed by atoms with Crippen LogP contribution in [0.5, 0.6) is 0 Å². The van der Waals surface area contributed by atoms with Crippen LogP contribution in [-0.4, -0.2) is 60.5 Å². The van der Waals surface area contributed by atoms with Crippen LogP contribution in [0.1, 0.15) is 26.2 Å². The van der Waals surface area contributed by atoms with Crippen LogP contribution in [0.15, 0.2) is 0 Å². The second-order valence-corrected chi connectivity index (χ2v) is 5.31. The lowest BCUT2D eigenvalue weighted by Crippen LogP contribution is -2.50. The number of nitrogens with one attached hydrogen (secondary N) is 1. The van der Waals surface area contributed by atoms with Crippen molar-refractivity contribution in [2.75, 3.05) is 26.3 Å². The van der Waals surface area contributed by atoms with E-state index >= 15 is 0 Å². The topological polar surface area (TPSA) is 78.9 Å². The summed E-state index contributed by atoms with van der Waals surface area (Å²) in [7, 11) is 0. The zero-order valence-electron chi connectivity index (χ0n) is 12.4. The number of rotatable bonds is 6. The van der Waals surface area contributed by atoms with Gasteiger partial charge in [0.1, 0.15) is 6.61 Å². The SMILES string of the molecule is CCC(COCC(F)(F)F)NC(=O)N1CCCC(C(=O)O)C1. The van der Waals surface area contributed by atoms with E-state index in [-0.39, 0.29) is 13.2 Å². The van der Waals surface area contributed by atoms with Crippen molar-refractivity contribution >= 4 is 12.0 Å². The number of amides is 2. The summed E-state index contributed by atoms with van der Waals surface area (Å²) in [6, 6.07) is -1.01. The second-order valence-electron chi connectivity index (χ2n) is 5.31. The molecule has 1 rings (SSSR count). The van der Waals surface area contributed by atoms with Crippen molar-refractivity contribution in [1.82, 2.24) is 10.2 Å². The highest BCUT2D eigenvalue weighted by Crippen LogP contribution is 2.17. The number of carbonyl (C=O) groups excluding carboxylic acids is 1. The fourth-order valence-corrected chi connectivity index (χ4v) is 2.21. The number of nitrogens with zero attached hydrogens (tertiary/aromatic N) is 1. The molecule has 0 spiro atoms. The van der Waals surface area contributed by atoms with Crippen molar-refractivity contribution in [3.05, 3.63) is 0 Å². The zero-order chi connectivity index (χ0) is 16.8. The molecule has 6 nitrogen and oxygen atoms in total. The van der Waals surface area contributed by atoms with Gasteiger partial charge >= 0.3 is 18.2 Å². The molecule has 0 radical (unpaired) electrons. The number of halogens is 3. The summed E-state index contributed by atoms with van der Waals surface area (Å²) in [5.74, 6) is -1.54. The summed E-state index contributed by atoms with van der Waals surface area (Å²) in [5.41, 5.74) is 0. The number of alkyl halides is 3. The predicted molar refractivity (Wildman–Crippen MR) is 71.4 cm³/mol. The third-order valence-corrected chi connectivity index (χ3v) is 3.46. The third kappa shape index (κ3) is 6.50. The van der Waals surface area contributed by atoms with E-state index in [2.05, 4.69) is 10.1 Å². The average Bonchev–Trinajstić information content (AvgIpc) is 2.44. The molecule has 0 aromatic heterocycles. The van der Waals surface area contributed by atoms with Crippen LogP contribution in [0.2, 0.25) is 0 Å². The van der Waals surface area contributed by atoms with Gasteiger partial charge in [-0.15, -0.1) is 0 Å². The lowest BCUT2D eigenvalue weighted by atomic mass is 9.99. The van der Waals surface area contributed by atoms with E-state index in [1.165, 1.54) is 4.90 Å². The van der Waals surface area contributed by atoms with Gasteiger partial charge < -0.3 is 20.1 Å². The van der Waals surface area contributed by atoms with Crippen molar-refractivity contribution in [3.63, 3.8) is 0 Å². The molecule has 2 N–H and O–H groups in total. The minimum atomic E-state index is -4.40. The van der Waals surface area contributed by atoms with Crippen molar-refractivity contribution < 1.29 is 32.6 Å². The van der Waals surface area contributed by atoms with Crippen LogP contribution >= 0.6 is 0 Å². The highest BCUT2D eigenvalue weighted by atomic mass is 19.4. The van der Waals surface area contributed by atoms with E-state index < -0.39 is 36.7 Å². The van der Waals surface area contributed by atoms with E-state index in [1.807, 2.05) is 0 Å². The number of urea groups is 1. The van der Waals surface area contributed by atoms with Crippen molar-refractivity contribution in [2.45, 2.75) is 38.4 Å². The molecule has 2 atom stereocenters. The predicted octanol–water partition coefficient (Wildman–Crippen LogP) is 1.85. The van der Waals surface area contributed by atoms with E-state index in [4.69, 9.17) is 5.11 Å². The average molecular weight is 326 g/mol. The molecule has 1 aliphatic heterocycles. The van der Waals surface area contributed by atoms with Gasteiger partial charge in [-0.2, -0.15) is 13.2 Å². The molecule has 128 valence electrons. The first kappa shape index (κ1) is 18.5. The van der Waals surface area contributed by atoms with E-state index in [1.54, 1.807) is 6.92 Å². The number of hydrogen-bond acceptors (Lipinski definition) is 3. The minimum Gasteiger partial charge on any atom is -0.481 e. The number of ether oxygens (including phenoxy) is 1. The Morgan fingerprint density at radius 3 is 2.68 bits per heavy atom. The molecule has 0 saturated carbocycles. The Morgan fingerprint density at radius 2 is 2.14 bits per heavy atom. The molecule has 9 heteroatoms. The van der Waals surface area contributed by atoms with Crippen LogP contribution in [0, 0.1) is 5.92 Å². The van der Waals surface area contributed by atoms with Crippen molar-refractivity contribution in [2.24, 2.45) is 5.92 Å². The Hall–Kier alpha value is -1.51. The first-order valence-electron chi connectivity index (χ1n) is 7.15. The van der Waals surface area contributed by atoms with E-state index in [9.17, 15) is 22.8 Å². The smallest absolute Gasteiger partial charge is 0.411 e. The number of piperidine rings is 1. The van der Waals surface area contributed by atoms with Crippen LogP contribution in [-0.2, 0) is 9.53 Å². The highest BCUT2D eigenvalue weighted by molar-refractivity contribution is 5.76. The molecular weight excluding hydrogens is 305 g/mol. The summed E-state index contributed by atoms with van der Waals surface area (Å²) < 4.78 is 40.6. The van der Waals surface area contributed by atoms with Gasteiger partial charge in [-0.3, -0.25) is 4.79 Å². The Labute approximate surface area is 126 Å². The maximum atomic E-state index is 12.0. The Kier molecular flexibility index (Phi) is 6.92. The Bertz CT molecular complexity index is 390. The number of carboxylic acids is 1. The van der Waals surface area contributed by atoms with Crippen LogP contribution < -0.4 is 5.32 Å². The molecule has 0 bridgehead atoms. The Morgan fingerprint density at radius 1 is 1.45 bits per heavy atom. The van der Waals surface area contributed by atoms with Gasteiger partial charge in [-0.05, 0) is 19.3 Å². The van der Waals surface area contributed by atoms with Crippen molar-refractivity contribution in [1.29, 1.82) is 0 Å². The van der Waals surface area contributed by atoms with Gasteiger partial charge in [-0.25, -0.2) is 4.79 Å².